The monoisotopic (exact) mass is 253 g/mol. The van der Waals surface area contributed by atoms with E-state index in [1.807, 2.05) is 0 Å². The van der Waals surface area contributed by atoms with Crippen LogP contribution in [0.4, 0.5) is 4.79 Å². The van der Waals surface area contributed by atoms with Crippen LogP contribution < -0.4 is 5.32 Å². The van der Waals surface area contributed by atoms with Gasteiger partial charge in [0.05, 0.1) is 6.04 Å². The van der Waals surface area contributed by atoms with Crippen molar-refractivity contribution in [2.45, 2.75) is 31.8 Å². The van der Waals surface area contributed by atoms with Crippen LogP contribution in [-0.4, -0.2) is 49.8 Å². The van der Waals surface area contributed by atoms with E-state index in [-0.39, 0.29) is 24.7 Å². The number of nitrogens with one attached hydrogen (secondary N) is 2. The summed E-state index contributed by atoms with van der Waals surface area (Å²) in [6, 6.07) is -0.679. The number of rotatable bonds is 5. The first-order chi connectivity index (χ1) is 8.58. The molecule has 1 heterocycles. The first-order valence-corrected chi connectivity index (χ1v) is 5.72. The van der Waals surface area contributed by atoms with Gasteiger partial charge in [0, 0.05) is 6.04 Å². The number of carbonyl (C=O) groups is 2. The van der Waals surface area contributed by atoms with E-state index in [0.717, 1.165) is 12.8 Å². The second kappa shape index (κ2) is 5.03. The van der Waals surface area contributed by atoms with E-state index in [1.54, 1.807) is 6.92 Å². The molecule has 1 fully saturated rings. The number of carboxylic acid groups (broad SMARTS) is 1. The molecule has 1 aliphatic rings. The van der Waals surface area contributed by atoms with E-state index in [0.29, 0.717) is 5.82 Å². The van der Waals surface area contributed by atoms with E-state index in [9.17, 15) is 9.59 Å². The number of urea groups is 1. The van der Waals surface area contributed by atoms with E-state index < -0.39 is 5.97 Å². The van der Waals surface area contributed by atoms with Crippen LogP contribution in [0.1, 0.15) is 31.6 Å². The SMILES string of the molecule is CC(NC(=O)N(CC(=O)O)C1CC1)c1ncn[nH]1. The number of carboxylic acids is 1. The van der Waals surface area contributed by atoms with Crippen molar-refractivity contribution in [3.63, 3.8) is 0 Å². The standard InChI is InChI=1S/C10H15N5O3/c1-6(9-11-5-12-14-9)13-10(18)15(4-8(16)17)7-2-3-7/h5-7H,2-4H2,1H3,(H,13,18)(H,16,17)(H,11,12,14). The molecule has 2 amide bonds. The molecule has 0 aromatic carbocycles. The van der Waals surface area contributed by atoms with E-state index >= 15 is 0 Å². The Morgan fingerprint density at radius 3 is 2.89 bits per heavy atom. The van der Waals surface area contributed by atoms with Crippen molar-refractivity contribution >= 4 is 12.0 Å². The molecule has 1 aromatic rings. The Morgan fingerprint density at radius 2 is 2.39 bits per heavy atom. The molecule has 3 N–H and O–H groups in total. The van der Waals surface area contributed by atoms with Gasteiger partial charge in [-0.2, -0.15) is 5.10 Å². The van der Waals surface area contributed by atoms with Crippen molar-refractivity contribution in [2.24, 2.45) is 0 Å². The number of nitrogens with zero attached hydrogens (tertiary/aromatic N) is 3. The molecule has 1 aliphatic carbocycles. The fraction of sp³-hybridized carbons (Fsp3) is 0.600. The average Bonchev–Trinajstić information content (AvgIpc) is 2.99. The van der Waals surface area contributed by atoms with Crippen molar-refractivity contribution in [3.8, 4) is 0 Å². The molecule has 1 atom stereocenters. The van der Waals surface area contributed by atoms with Crippen LogP contribution in [0.15, 0.2) is 6.33 Å². The molecule has 0 spiro atoms. The van der Waals surface area contributed by atoms with Crippen LogP contribution in [0.3, 0.4) is 0 Å². The Hall–Kier alpha value is -2.12. The van der Waals surface area contributed by atoms with Crippen LogP contribution in [-0.2, 0) is 4.79 Å². The average molecular weight is 253 g/mol. The second-order valence-corrected chi connectivity index (χ2v) is 4.29. The van der Waals surface area contributed by atoms with E-state index in [1.165, 1.54) is 11.2 Å². The van der Waals surface area contributed by atoms with Crippen LogP contribution in [0, 0.1) is 0 Å². The minimum absolute atomic E-state index is 0.0445. The normalized spacial score (nSPS) is 16.1. The molecule has 1 unspecified atom stereocenters. The smallest absolute Gasteiger partial charge is 0.323 e. The Kier molecular flexibility index (Phi) is 3.45. The summed E-state index contributed by atoms with van der Waals surface area (Å²) in [5, 5.41) is 17.8. The van der Waals surface area contributed by atoms with Crippen molar-refractivity contribution < 1.29 is 14.7 Å². The number of amides is 2. The number of H-pyrrole nitrogens is 1. The molecule has 98 valence electrons. The lowest BCUT2D eigenvalue weighted by Crippen LogP contribution is -2.45. The van der Waals surface area contributed by atoms with Crippen LogP contribution in [0.5, 0.6) is 0 Å². The lowest BCUT2D eigenvalue weighted by Gasteiger charge is -2.22. The van der Waals surface area contributed by atoms with E-state index in [2.05, 4.69) is 20.5 Å². The molecule has 0 aliphatic heterocycles. The van der Waals surface area contributed by atoms with Crippen LogP contribution in [0.2, 0.25) is 0 Å². The van der Waals surface area contributed by atoms with Crippen molar-refractivity contribution in [1.82, 2.24) is 25.4 Å². The Balaban J connectivity index is 1.94. The molecule has 8 nitrogen and oxygen atoms in total. The van der Waals surface area contributed by atoms with Gasteiger partial charge in [-0.25, -0.2) is 9.78 Å². The zero-order valence-corrected chi connectivity index (χ0v) is 9.96. The summed E-state index contributed by atoms with van der Waals surface area (Å²) in [5.74, 6) is -0.473. The predicted octanol–water partition coefficient (Wildman–Crippen LogP) is 0.124. The molecular formula is C10H15N5O3. The molecule has 2 rings (SSSR count). The molecule has 1 aromatic heterocycles. The number of aliphatic carboxylic acids is 1. The topological polar surface area (TPSA) is 111 Å². The zero-order chi connectivity index (χ0) is 13.1. The third-order valence-corrected chi connectivity index (χ3v) is 2.74. The molecule has 1 saturated carbocycles. The summed E-state index contributed by atoms with van der Waals surface area (Å²) in [6.45, 7) is 1.48. The Morgan fingerprint density at radius 1 is 1.67 bits per heavy atom. The maximum atomic E-state index is 12.0. The molecule has 0 radical (unpaired) electrons. The third kappa shape index (κ3) is 2.96. The summed E-state index contributed by atoms with van der Waals surface area (Å²) in [4.78, 5) is 27.9. The fourth-order valence-corrected chi connectivity index (χ4v) is 1.66. The summed E-state index contributed by atoms with van der Waals surface area (Å²) in [6.07, 6.45) is 3.07. The minimum atomic E-state index is -1.01. The Bertz CT molecular complexity index is 429. The van der Waals surface area contributed by atoms with Gasteiger partial charge in [0.1, 0.15) is 18.7 Å². The van der Waals surface area contributed by atoms with E-state index in [4.69, 9.17) is 5.11 Å². The zero-order valence-electron chi connectivity index (χ0n) is 9.96. The summed E-state index contributed by atoms with van der Waals surface area (Å²) < 4.78 is 0. The fourth-order valence-electron chi connectivity index (χ4n) is 1.66. The van der Waals surface area contributed by atoms with Gasteiger partial charge < -0.3 is 15.3 Å². The number of aromatic nitrogens is 3. The lowest BCUT2D eigenvalue weighted by atomic mass is 10.3. The van der Waals surface area contributed by atoms with Gasteiger partial charge in [-0.15, -0.1) is 0 Å². The van der Waals surface area contributed by atoms with Gasteiger partial charge in [-0.05, 0) is 19.8 Å². The highest BCUT2D eigenvalue weighted by Crippen LogP contribution is 2.26. The number of aromatic amines is 1. The molecule has 18 heavy (non-hydrogen) atoms. The first-order valence-electron chi connectivity index (χ1n) is 5.72. The van der Waals surface area contributed by atoms with Gasteiger partial charge in [-0.1, -0.05) is 0 Å². The highest BCUT2D eigenvalue weighted by atomic mass is 16.4. The van der Waals surface area contributed by atoms with Crippen molar-refractivity contribution in [2.75, 3.05) is 6.54 Å². The lowest BCUT2D eigenvalue weighted by molar-refractivity contribution is -0.137. The third-order valence-electron chi connectivity index (χ3n) is 2.74. The van der Waals surface area contributed by atoms with Gasteiger partial charge in [0.25, 0.3) is 0 Å². The molecular weight excluding hydrogens is 238 g/mol. The molecule has 0 bridgehead atoms. The maximum Gasteiger partial charge on any atom is 0.323 e. The number of carbonyl (C=O) groups excluding carboxylic acids is 1. The number of hydrogen-bond acceptors (Lipinski definition) is 4. The second-order valence-electron chi connectivity index (χ2n) is 4.29. The summed E-state index contributed by atoms with van der Waals surface area (Å²) in [5.41, 5.74) is 0. The summed E-state index contributed by atoms with van der Waals surface area (Å²) in [7, 11) is 0. The largest absolute Gasteiger partial charge is 0.480 e. The van der Waals surface area contributed by atoms with Gasteiger partial charge >= 0.3 is 12.0 Å². The maximum absolute atomic E-state index is 12.0. The first kappa shape index (κ1) is 12.3. The highest BCUT2D eigenvalue weighted by Gasteiger charge is 2.34. The summed E-state index contributed by atoms with van der Waals surface area (Å²) >= 11 is 0. The molecule has 0 saturated heterocycles. The molecule has 8 heteroatoms. The van der Waals surface area contributed by atoms with Crippen molar-refractivity contribution in [3.05, 3.63) is 12.2 Å². The van der Waals surface area contributed by atoms with Crippen LogP contribution >= 0.6 is 0 Å². The quantitative estimate of drug-likeness (QED) is 0.690. The minimum Gasteiger partial charge on any atom is -0.480 e. The predicted molar refractivity (Wildman–Crippen MR) is 60.7 cm³/mol. The van der Waals surface area contributed by atoms with Crippen molar-refractivity contribution in [1.29, 1.82) is 0 Å². The Labute approximate surface area is 103 Å². The number of hydrogen-bond donors (Lipinski definition) is 3. The van der Waals surface area contributed by atoms with Gasteiger partial charge in [0.15, 0.2) is 0 Å². The van der Waals surface area contributed by atoms with Gasteiger partial charge in [0.2, 0.25) is 0 Å². The highest BCUT2D eigenvalue weighted by molar-refractivity contribution is 5.80. The van der Waals surface area contributed by atoms with Crippen LogP contribution in [0.25, 0.3) is 0 Å². The van der Waals surface area contributed by atoms with Gasteiger partial charge in [-0.3, -0.25) is 9.89 Å².